The summed E-state index contributed by atoms with van der Waals surface area (Å²) in [5.41, 5.74) is 4.66. The highest BCUT2D eigenvalue weighted by molar-refractivity contribution is 5.96. The molecule has 1 N–H and O–H groups in total. The highest BCUT2D eigenvalue weighted by Gasteiger charge is 2.42. The molecule has 5 rings (SSSR count). The first kappa shape index (κ1) is 20.7. The molecule has 3 aromatic rings. The third kappa shape index (κ3) is 3.26. The second-order valence-electron chi connectivity index (χ2n) is 9.26. The Morgan fingerprint density at radius 1 is 1.12 bits per heavy atom. The van der Waals surface area contributed by atoms with E-state index in [1.54, 1.807) is 0 Å². The molecule has 0 aliphatic carbocycles. The zero-order valence-electron chi connectivity index (χ0n) is 19.3. The first-order valence-corrected chi connectivity index (χ1v) is 11.2. The number of piperazine rings is 1. The first-order valence-electron chi connectivity index (χ1n) is 11.2. The maximum atomic E-state index is 9.41. The van der Waals surface area contributed by atoms with Crippen LogP contribution in [0.3, 0.4) is 0 Å². The predicted molar refractivity (Wildman–Crippen MR) is 127 cm³/mol. The number of anilines is 2. The number of benzene rings is 1. The number of aromatic nitrogens is 3. The van der Waals surface area contributed by atoms with E-state index in [2.05, 4.69) is 64.4 Å². The van der Waals surface area contributed by atoms with Gasteiger partial charge in [-0.15, -0.1) is 5.10 Å². The average Bonchev–Trinajstić information content (AvgIpc) is 3.35. The molecule has 0 saturated carbocycles. The molecule has 3 atom stereocenters. The van der Waals surface area contributed by atoms with E-state index in [1.807, 2.05) is 26.0 Å². The molecule has 0 spiro atoms. The number of nitrogens with zero attached hydrogens (tertiary/aromatic N) is 6. The van der Waals surface area contributed by atoms with Gasteiger partial charge in [0, 0.05) is 41.6 Å². The van der Waals surface area contributed by atoms with Crippen molar-refractivity contribution >= 4 is 22.4 Å². The van der Waals surface area contributed by atoms with Gasteiger partial charge < -0.3 is 10.2 Å². The smallest absolute Gasteiger partial charge is 0.157 e. The minimum atomic E-state index is -0.0168. The Kier molecular flexibility index (Phi) is 4.98. The van der Waals surface area contributed by atoms with Crippen molar-refractivity contribution in [1.82, 2.24) is 20.1 Å². The number of pyridine rings is 1. The van der Waals surface area contributed by atoms with Crippen LogP contribution in [-0.4, -0.2) is 52.3 Å². The highest BCUT2D eigenvalue weighted by Crippen LogP contribution is 2.36. The molecule has 2 aromatic heterocycles. The lowest BCUT2D eigenvalue weighted by atomic mass is 9.98. The van der Waals surface area contributed by atoms with Crippen LogP contribution in [0.2, 0.25) is 0 Å². The molecule has 164 valence electrons. The van der Waals surface area contributed by atoms with Crippen LogP contribution in [-0.2, 0) is 0 Å². The van der Waals surface area contributed by atoms with Crippen molar-refractivity contribution in [2.24, 2.45) is 0 Å². The maximum Gasteiger partial charge on any atom is 0.157 e. The summed E-state index contributed by atoms with van der Waals surface area (Å²) in [7, 11) is 2.22. The van der Waals surface area contributed by atoms with E-state index in [4.69, 9.17) is 4.98 Å². The Labute approximate surface area is 189 Å². The normalized spacial score (nSPS) is 21.2. The number of hydrogen-bond acceptors (Lipinski definition) is 7. The molecular weight excluding hydrogens is 398 g/mol. The Bertz CT molecular complexity index is 1240. The number of nitriles is 1. The molecule has 2 fully saturated rings. The van der Waals surface area contributed by atoms with Gasteiger partial charge in [-0.25, -0.2) is 4.98 Å². The topological polar surface area (TPSA) is 81.0 Å². The van der Waals surface area contributed by atoms with Gasteiger partial charge in [0.15, 0.2) is 5.82 Å². The van der Waals surface area contributed by atoms with Crippen LogP contribution in [0.25, 0.3) is 10.8 Å². The van der Waals surface area contributed by atoms with Gasteiger partial charge in [-0.3, -0.25) is 4.90 Å². The summed E-state index contributed by atoms with van der Waals surface area (Å²) in [5, 5.41) is 24.0. The summed E-state index contributed by atoms with van der Waals surface area (Å²) < 4.78 is 0. The SMILES string of the molecule is Cc1c(C#N)cccc1[C@@H](C)Nc1nnc(C)c2c(C)nc(N3C[C@H]4C[C@@H]3CN4C)cc12. The second kappa shape index (κ2) is 7.72. The van der Waals surface area contributed by atoms with Crippen molar-refractivity contribution in [2.75, 3.05) is 30.4 Å². The monoisotopic (exact) mass is 427 g/mol. The van der Waals surface area contributed by atoms with Gasteiger partial charge in [0.2, 0.25) is 0 Å². The first-order chi connectivity index (χ1) is 15.4. The third-order valence-corrected chi connectivity index (χ3v) is 7.23. The predicted octanol–water partition coefficient (Wildman–Crippen LogP) is 3.89. The minimum absolute atomic E-state index is 0.0168. The lowest BCUT2D eigenvalue weighted by Crippen LogP contribution is -2.44. The molecule has 2 aliphatic rings. The van der Waals surface area contributed by atoms with Crippen LogP contribution >= 0.6 is 0 Å². The zero-order chi connectivity index (χ0) is 22.6. The Morgan fingerprint density at radius 2 is 1.94 bits per heavy atom. The molecule has 32 heavy (non-hydrogen) atoms. The van der Waals surface area contributed by atoms with Crippen LogP contribution in [0, 0.1) is 32.1 Å². The summed E-state index contributed by atoms with van der Waals surface area (Å²) in [6.45, 7) is 10.3. The van der Waals surface area contributed by atoms with Crippen molar-refractivity contribution in [3.63, 3.8) is 0 Å². The Morgan fingerprint density at radius 3 is 2.62 bits per heavy atom. The lowest BCUT2D eigenvalue weighted by molar-refractivity contribution is 0.292. The molecule has 7 nitrogen and oxygen atoms in total. The van der Waals surface area contributed by atoms with Crippen LogP contribution < -0.4 is 10.2 Å². The van der Waals surface area contributed by atoms with Crippen LogP contribution in [0.4, 0.5) is 11.6 Å². The molecule has 2 bridgehead atoms. The number of likely N-dealkylation sites (N-methyl/N-ethyl adjacent to an activating group) is 1. The molecule has 0 unspecified atom stereocenters. The van der Waals surface area contributed by atoms with Crippen molar-refractivity contribution in [3.05, 3.63) is 52.3 Å². The summed E-state index contributed by atoms with van der Waals surface area (Å²) in [4.78, 5) is 9.89. The van der Waals surface area contributed by atoms with Gasteiger partial charge in [-0.05, 0) is 64.4 Å². The average molecular weight is 428 g/mol. The number of fused-ring (bicyclic) bond motifs is 3. The highest BCUT2D eigenvalue weighted by atomic mass is 15.4. The van der Waals surface area contributed by atoms with Gasteiger partial charge >= 0.3 is 0 Å². The van der Waals surface area contributed by atoms with Gasteiger partial charge in [-0.2, -0.15) is 10.4 Å². The maximum absolute atomic E-state index is 9.41. The van der Waals surface area contributed by atoms with Crippen molar-refractivity contribution in [1.29, 1.82) is 5.26 Å². The number of aryl methyl sites for hydroxylation is 2. The molecule has 1 aromatic carbocycles. The molecule has 7 heteroatoms. The van der Waals surface area contributed by atoms with Gasteiger partial charge in [0.1, 0.15) is 5.82 Å². The minimum Gasteiger partial charge on any atom is -0.362 e. The zero-order valence-corrected chi connectivity index (χ0v) is 19.3. The van der Waals surface area contributed by atoms with E-state index >= 15 is 0 Å². The standard InChI is InChI=1S/C25H29N7/c1-14-18(11-26)7-6-8-21(14)15(2)28-25-22-10-23(27-16(3)24(22)17(4)29-30-25)32-13-19-9-20(32)12-31(19)5/h6-8,10,15,19-20H,9,12-13H2,1-5H3,(H,28,30)/t15-,19-,20-/m1/s1. The van der Waals surface area contributed by atoms with Crippen LogP contribution in [0.15, 0.2) is 24.3 Å². The lowest BCUT2D eigenvalue weighted by Gasteiger charge is -2.33. The Hall–Kier alpha value is -3.24. The van der Waals surface area contributed by atoms with Crippen molar-refractivity contribution < 1.29 is 0 Å². The Balaban J connectivity index is 1.54. The van der Waals surface area contributed by atoms with Gasteiger partial charge in [0.25, 0.3) is 0 Å². The van der Waals surface area contributed by atoms with Crippen LogP contribution in [0.1, 0.15) is 47.5 Å². The summed E-state index contributed by atoms with van der Waals surface area (Å²) >= 11 is 0. The largest absolute Gasteiger partial charge is 0.362 e. The summed E-state index contributed by atoms with van der Waals surface area (Å²) in [6, 6.07) is 11.4. The third-order valence-electron chi connectivity index (χ3n) is 7.23. The summed E-state index contributed by atoms with van der Waals surface area (Å²) in [5.74, 6) is 1.79. The number of nitrogens with one attached hydrogen (secondary N) is 1. The van der Waals surface area contributed by atoms with E-state index in [0.29, 0.717) is 17.6 Å². The van der Waals surface area contributed by atoms with Crippen molar-refractivity contribution in [3.8, 4) is 6.07 Å². The molecule has 2 saturated heterocycles. The molecule has 2 aliphatic heterocycles. The van der Waals surface area contributed by atoms with E-state index < -0.39 is 0 Å². The second-order valence-corrected chi connectivity index (χ2v) is 9.26. The van der Waals surface area contributed by atoms with Gasteiger partial charge in [0.05, 0.1) is 23.4 Å². The summed E-state index contributed by atoms with van der Waals surface area (Å²) in [6.07, 6.45) is 1.21. The molecule has 0 radical (unpaired) electrons. The van der Waals surface area contributed by atoms with E-state index in [0.717, 1.165) is 58.0 Å². The number of hydrogen-bond donors (Lipinski definition) is 1. The fourth-order valence-corrected chi connectivity index (χ4v) is 5.46. The fourth-order valence-electron chi connectivity index (χ4n) is 5.46. The van der Waals surface area contributed by atoms with E-state index in [1.165, 1.54) is 6.42 Å². The molecule has 0 amide bonds. The fraction of sp³-hybridized carbons (Fsp3) is 0.440. The molecular formula is C25H29N7. The molecule has 4 heterocycles. The van der Waals surface area contributed by atoms with Gasteiger partial charge in [-0.1, -0.05) is 12.1 Å². The van der Waals surface area contributed by atoms with Crippen LogP contribution in [0.5, 0.6) is 0 Å². The van der Waals surface area contributed by atoms with Crippen molar-refractivity contribution in [2.45, 2.75) is 52.2 Å². The van der Waals surface area contributed by atoms with E-state index in [9.17, 15) is 5.26 Å². The number of rotatable bonds is 4. The van der Waals surface area contributed by atoms with E-state index in [-0.39, 0.29) is 6.04 Å². The quantitative estimate of drug-likeness (QED) is 0.676. The number of likely N-dealkylation sites (tertiary alicyclic amines) is 1.